The van der Waals surface area contributed by atoms with Gasteiger partial charge in [-0.2, -0.15) is 4.31 Å². The quantitative estimate of drug-likeness (QED) is 0.487. The van der Waals surface area contributed by atoms with Gasteiger partial charge in [0.1, 0.15) is 10.6 Å². The number of rotatable bonds is 7. The van der Waals surface area contributed by atoms with E-state index in [-0.39, 0.29) is 35.1 Å². The van der Waals surface area contributed by atoms with Crippen LogP contribution in [0.25, 0.3) is 0 Å². The van der Waals surface area contributed by atoms with Crippen molar-refractivity contribution in [2.75, 3.05) is 40.0 Å². The number of hydrogen-bond acceptors (Lipinski definition) is 7. The first-order valence-corrected chi connectivity index (χ1v) is 10.8. The largest absolute Gasteiger partial charge is 0.495 e. The summed E-state index contributed by atoms with van der Waals surface area (Å²) in [6, 6.07) is 10.9. The van der Waals surface area contributed by atoms with Crippen LogP contribution in [-0.4, -0.2) is 64.5 Å². The van der Waals surface area contributed by atoms with Crippen molar-refractivity contribution in [1.82, 2.24) is 4.31 Å². The van der Waals surface area contributed by atoms with E-state index < -0.39 is 22.6 Å². The minimum absolute atomic E-state index is 0.0133. The summed E-state index contributed by atoms with van der Waals surface area (Å²) >= 11 is 0. The van der Waals surface area contributed by atoms with E-state index in [0.717, 1.165) is 5.56 Å². The molecule has 1 fully saturated rings. The fourth-order valence-electron chi connectivity index (χ4n) is 2.97. The molecule has 0 unspecified atom stereocenters. The standard InChI is InChI=1S/C21H23NO7S/c1-15-3-5-16(6-4-15)18(23)14-29-21(24)17-7-8-19(27-2)20(13-17)30(25,26)22-9-11-28-12-10-22/h3-8,13H,9-12,14H2,1-2H3. The number of aryl methyl sites for hydroxylation is 1. The minimum Gasteiger partial charge on any atom is -0.495 e. The maximum Gasteiger partial charge on any atom is 0.338 e. The molecule has 0 N–H and O–H groups in total. The van der Waals surface area contributed by atoms with E-state index >= 15 is 0 Å². The lowest BCUT2D eigenvalue weighted by Gasteiger charge is -2.26. The predicted molar refractivity (Wildman–Crippen MR) is 108 cm³/mol. The highest BCUT2D eigenvalue weighted by molar-refractivity contribution is 7.89. The summed E-state index contributed by atoms with van der Waals surface area (Å²) in [5.74, 6) is -1.02. The van der Waals surface area contributed by atoms with Crippen LogP contribution in [0.15, 0.2) is 47.4 Å². The first kappa shape index (κ1) is 21.9. The van der Waals surface area contributed by atoms with E-state index in [1.54, 1.807) is 24.3 Å². The number of benzene rings is 2. The van der Waals surface area contributed by atoms with E-state index in [4.69, 9.17) is 14.2 Å². The van der Waals surface area contributed by atoms with Crippen LogP contribution in [-0.2, 0) is 19.5 Å². The number of carbonyl (C=O) groups excluding carboxylic acids is 2. The lowest BCUT2D eigenvalue weighted by atomic mass is 10.1. The molecule has 9 heteroatoms. The van der Waals surface area contributed by atoms with Gasteiger partial charge in [-0.3, -0.25) is 4.79 Å². The van der Waals surface area contributed by atoms with E-state index in [0.29, 0.717) is 18.8 Å². The Hall–Kier alpha value is -2.75. The van der Waals surface area contributed by atoms with Crippen LogP contribution in [0.5, 0.6) is 5.75 Å². The fourth-order valence-corrected chi connectivity index (χ4v) is 4.56. The van der Waals surface area contributed by atoms with Gasteiger partial charge in [0.2, 0.25) is 10.0 Å². The third kappa shape index (κ3) is 4.86. The van der Waals surface area contributed by atoms with E-state index in [1.807, 2.05) is 6.92 Å². The van der Waals surface area contributed by atoms with Crippen LogP contribution in [0.2, 0.25) is 0 Å². The molecule has 160 valence electrons. The highest BCUT2D eigenvalue weighted by Crippen LogP contribution is 2.28. The van der Waals surface area contributed by atoms with Gasteiger partial charge in [0.25, 0.3) is 0 Å². The van der Waals surface area contributed by atoms with E-state index in [1.165, 1.54) is 29.6 Å². The zero-order valence-electron chi connectivity index (χ0n) is 16.8. The number of ketones is 1. The second kappa shape index (κ2) is 9.38. The average Bonchev–Trinajstić information content (AvgIpc) is 2.77. The maximum absolute atomic E-state index is 13.0. The molecule has 0 aromatic heterocycles. The molecule has 3 rings (SSSR count). The van der Waals surface area contributed by atoms with Gasteiger partial charge in [0.05, 0.1) is 25.9 Å². The molecule has 0 aliphatic carbocycles. The molecule has 1 heterocycles. The number of sulfonamides is 1. The lowest BCUT2D eigenvalue weighted by molar-refractivity contribution is 0.0474. The number of nitrogens with zero attached hydrogens (tertiary/aromatic N) is 1. The molecule has 2 aromatic carbocycles. The molecule has 1 aliphatic rings. The first-order chi connectivity index (χ1) is 14.3. The van der Waals surface area contributed by atoms with Crippen LogP contribution < -0.4 is 4.74 Å². The molecule has 30 heavy (non-hydrogen) atoms. The Morgan fingerprint density at radius 1 is 1.03 bits per heavy atom. The number of hydrogen-bond donors (Lipinski definition) is 0. The highest BCUT2D eigenvalue weighted by Gasteiger charge is 2.30. The van der Waals surface area contributed by atoms with Crippen LogP contribution in [0, 0.1) is 6.92 Å². The normalized spacial score (nSPS) is 14.9. The Bertz CT molecular complexity index is 1030. The van der Waals surface area contributed by atoms with Gasteiger partial charge in [0.15, 0.2) is 12.4 Å². The van der Waals surface area contributed by atoms with Crippen molar-refractivity contribution in [2.24, 2.45) is 0 Å². The number of Topliss-reactive ketones (excluding diaryl/α,β-unsaturated/α-hetero) is 1. The third-order valence-electron chi connectivity index (χ3n) is 4.70. The molecule has 1 saturated heterocycles. The minimum atomic E-state index is -3.89. The second-order valence-corrected chi connectivity index (χ2v) is 8.65. The van der Waals surface area contributed by atoms with Crippen molar-refractivity contribution >= 4 is 21.8 Å². The molecule has 0 radical (unpaired) electrons. The summed E-state index contributed by atoms with van der Waals surface area (Å²) in [5, 5.41) is 0. The molecule has 0 bridgehead atoms. The predicted octanol–water partition coefficient (Wildman–Crippen LogP) is 2.06. The molecule has 0 atom stereocenters. The van der Waals surface area contributed by atoms with Gasteiger partial charge in [-0.1, -0.05) is 29.8 Å². The summed E-state index contributed by atoms with van der Waals surface area (Å²) in [4.78, 5) is 24.5. The van der Waals surface area contributed by atoms with E-state index in [9.17, 15) is 18.0 Å². The van der Waals surface area contributed by atoms with Crippen LogP contribution >= 0.6 is 0 Å². The molecular weight excluding hydrogens is 410 g/mol. The van der Waals surface area contributed by atoms with Crippen LogP contribution in [0.1, 0.15) is 26.3 Å². The summed E-state index contributed by atoms with van der Waals surface area (Å²) in [5.41, 5.74) is 1.45. The van der Waals surface area contributed by atoms with E-state index in [2.05, 4.69) is 0 Å². The summed E-state index contributed by atoms with van der Waals surface area (Å²) in [6.45, 7) is 2.48. The number of morpholine rings is 1. The molecule has 0 saturated carbocycles. The van der Waals surface area contributed by atoms with Gasteiger partial charge >= 0.3 is 5.97 Å². The smallest absolute Gasteiger partial charge is 0.338 e. The molecule has 0 spiro atoms. The zero-order chi connectivity index (χ0) is 21.7. The fraction of sp³-hybridized carbons (Fsp3) is 0.333. The number of esters is 1. The van der Waals surface area contributed by atoms with Crippen molar-refractivity contribution in [2.45, 2.75) is 11.8 Å². The van der Waals surface area contributed by atoms with Crippen molar-refractivity contribution < 1.29 is 32.2 Å². The summed E-state index contributed by atoms with van der Waals surface area (Å²) < 4.78 is 42.8. The Balaban J connectivity index is 1.77. The second-order valence-electron chi connectivity index (χ2n) is 6.75. The van der Waals surface area contributed by atoms with Gasteiger partial charge in [0, 0.05) is 18.7 Å². The molecule has 0 amide bonds. The Labute approximate surface area is 175 Å². The van der Waals surface area contributed by atoms with Crippen LogP contribution in [0.4, 0.5) is 0 Å². The average molecular weight is 433 g/mol. The van der Waals surface area contributed by atoms with Gasteiger partial charge < -0.3 is 14.2 Å². The third-order valence-corrected chi connectivity index (χ3v) is 6.61. The SMILES string of the molecule is COc1ccc(C(=O)OCC(=O)c2ccc(C)cc2)cc1S(=O)(=O)N1CCOCC1. The van der Waals surface area contributed by atoms with Crippen molar-refractivity contribution in [3.63, 3.8) is 0 Å². The molecule has 8 nitrogen and oxygen atoms in total. The highest BCUT2D eigenvalue weighted by atomic mass is 32.2. The van der Waals surface area contributed by atoms with Crippen LogP contribution in [0.3, 0.4) is 0 Å². The Morgan fingerprint density at radius 2 is 1.67 bits per heavy atom. The number of methoxy groups -OCH3 is 1. The van der Waals surface area contributed by atoms with Gasteiger partial charge in [-0.15, -0.1) is 0 Å². The zero-order valence-corrected chi connectivity index (χ0v) is 17.6. The van der Waals surface area contributed by atoms with Crippen molar-refractivity contribution in [3.05, 3.63) is 59.2 Å². The monoisotopic (exact) mass is 433 g/mol. The number of carbonyl (C=O) groups is 2. The Kier molecular flexibility index (Phi) is 6.86. The first-order valence-electron chi connectivity index (χ1n) is 9.36. The van der Waals surface area contributed by atoms with Gasteiger partial charge in [-0.25, -0.2) is 13.2 Å². The molecule has 2 aromatic rings. The maximum atomic E-state index is 13.0. The Morgan fingerprint density at radius 3 is 2.30 bits per heavy atom. The number of ether oxygens (including phenoxy) is 3. The summed E-state index contributed by atoms with van der Waals surface area (Å²) in [7, 11) is -2.53. The van der Waals surface area contributed by atoms with Crippen molar-refractivity contribution in [1.29, 1.82) is 0 Å². The van der Waals surface area contributed by atoms with Gasteiger partial charge in [-0.05, 0) is 25.1 Å². The van der Waals surface area contributed by atoms with Crippen molar-refractivity contribution in [3.8, 4) is 5.75 Å². The topological polar surface area (TPSA) is 99.2 Å². The molecule has 1 aliphatic heterocycles. The lowest BCUT2D eigenvalue weighted by Crippen LogP contribution is -2.40. The molecular formula is C21H23NO7S. The summed E-state index contributed by atoms with van der Waals surface area (Å²) in [6.07, 6.45) is 0.